The van der Waals surface area contributed by atoms with Crippen LogP contribution in [0.2, 0.25) is 0 Å². The second-order valence-corrected chi connectivity index (χ2v) is 4.28. The minimum atomic E-state index is -0.216. The van der Waals surface area contributed by atoms with Crippen molar-refractivity contribution in [2.45, 2.75) is 13.2 Å². The topological polar surface area (TPSA) is 23.5 Å². The standard InChI is InChI=1S/C15H16FNO/c1-17(15-5-3-2-4-14(15)16)10-12-6-8-13(11-18)9-7-12/h2-9,18H,10-11H2,1H3. The van der Waals surface area contributed by atoms with E-state index in [9.17, 15) is 4.39 Å². The fourth-order valence-corrected chi connectivity index (χ4v) is 1.87. The van der Waals surface area contributed by atoms with Crippen LogP contribution in [0.15, 0.2) is 48.5 Å². The SMILES string of the molecule is CN(Cc1ccc(CO)cc1)c1ccccc1F. The van der Waals surface area contributed by atoms with Crippen LogP contribution < -0.4 is 4.90 Å². The third-order valence-electron chi connectivity index (χ3n) is 2.89. The summed E-state index contributed by atoms with van der Waals surface area (Å²) in [7, 11) is 1.86. The van der Waals surface area contributed by atoms with Crippen molar-refractivity contribution in [2.24, 2.45) is 0 Å². The zero-order valence-corrected chi connectivity index (χ0v) is 10.3. The van der Waals surface area contributed by atoms with Crippen LogP contribution in [0.25, 0.3) is 0 Å². The molecule has 2 aromatic carbocycles. The lowest BCUT2D eigenvalue weighted by Gasteiger charge is -2.20. The maximum Gasteiger partial charge on any atom is 0.146 e. The Balaban J connectivity index is 2.11. The Bertz CT molecular complexity index is 510. The van der Waals surface area contributed by atoms with Gasteiger partial charge in [0.2, 0.25) is 0 Å². The lowest BCUT2D eigenvalue weighted by Crippen LogP contribution is -2.17. The van der Waals surface area contributed by atoms with Crippen LogP contribution in [0.3, 0.4) is 0 Å². The van der Waals surface area contributed by atoms with E-state index in [2.05, 4.69) is 0 Å². The summed E-state index contributed by atoms with van der Waals surface area (Å²) in [4.78, 5) is 1.86. The first-order valence-corrected chi connectivity index (χ1v) is 5.85. The van der Waals surface area contributed by atoms with E-state index in [1.165, 1.54) is 6.07 Å². The van der Waals surface area contributed by atoms with Gasteiger partial charge in [0.15, 0.2) is 0 Å². The fraction of sp³-hybridized carbons (Fsp3) is 0.200. The summed E-state index contributed by atoms with van der Waals surface area (Å²) >= 11 is 0. The van der Waals surface area contributed by atoms with Gasteiger partial charge in [-0.1, -0.05) is 36.4 Å². The average molecular weight is 245 g/mol. The zero-order valence-electron chi connectivity index (χ0n) is 10.3. The summed E-state index contributed by atoms with van der Waals surface area (Å²) in [6, 6.07) is 14.4. The fourth-order valence-electron chi connectivity index (χ4n) is 1.87. The maximum absolute atomic E-state index is 13.6. The highest BCUT2D eigenvalue weighted by Crippen LogP contribution is 2.19. The van der Waals surface area contributed by atoms with Crippen molar-refractivity contribution in [1.29, 1.82) is 0 Å². The number of aliphatic hydroxyl groups is 1. The van der Waals surface area contributed by atoms with Gasteiger partial charge < -0.3 is 10.0 Å². The molecule has 0 aliphatic heterocycles. The molecular weight excluding hydrogens is 229 g/mol. The monoisotopic (exact) mass is 245 g/mol. The number of anilines is 1. The Labute approximate surface area is 106 Å². The largest absolute Gasteiger partial charge is 0.392 e. The second kappa shape index (κ2) is 5.65. The first-order chi connectivity index (χ1) is 8.70. The van der Waals surface area contributed by atoms with Gasteiger partial charge in [-0.3, -0.25) is 0 Å². The highest BCUT2D eigenvalue weighted by molar-refractivity contribution is 5.47. The van der Waals surface area contributed by atoms with E-state index >= 15 is 0 Å². The summed E-state index contributed by atoms with van der Waals surface area (Å²) in [5.74, 6) is -0.216. The Kier molecular flexibility index (Phi) is 3.95. The molecule has 0 aliphatic carbocycles. The predicted molar refractivity (Wildman–Crippen MR) is 70.9 cm³/mol. The van der Waals surface area contributed by atoms with Crippen molar-refractivity contribution in [2.75, 3.05) is 11.9 Å². The minimum Gasteiger partial charge on any atom is -0.392 e. The van der Waals surface area contributed by atoms with Gasteiger partial charge in [0.1, 0.15) is 5.82 Å². The van der Waals surface area contributed by atoms with Crippen LogP contribution in [0.1, 0.15) is 11.1 Å². The predicted octanol–water partition coefficient (Wildman–Crippen LogP) is 2.95. The molecule has 1 N–H and O–H groups in total. The zero-order chi connectivity index (χ0) is 13.0. The molecule has 18 heavy (non-hydrogen) atoms. The first-order valence-electron chi connectivity index (χ1n) is 5.85. The smallest absolute Gasteiger partial charge is 0.146 e. The van der Waals surface area contributed by atoms with E-state index in [1.54, 1.807) is 12.1 Å². The third-order valence-corrected chi connectivity index (χ3v) is 2.89. The minimum absolute atomic E-state index is 0.0451. The van der Waals surface area contributed by atoms with Crippen LogP contribution in [0.5, 0.6) is 0 Å². The van der Waals surface area contributed by atoms with Gasteiger partial charge in [0.05, 0.1) is 12.3 Å². The van der Waals surface area contributed by atoms with Gasteiger partial charge >= 0.3 is 0 Å². The number of para-hydroxylation sites is 1. The molecule has 3 heteroatoms. The van der Waals surface area contributed by atoms with Crippen molar-refractivity contribution < 1.29 is 9.50 Å². The molecule has 0 bridgehead atoms. The number of hydrogen-bond donors (Lipinski definition) is 1. The molecule has 2 rings (SSSR count). The first kappa shape index (κ1) is 12.6. The number of hydrogen-bond acceptors (Lipinski definition) is 2. The van der Waals surface area contributed by atoms with Crippen molar-refractivity contribution in [3.63, 3.8) is 0 Å². The highest BCUT2D eigenvalue weighted by atomic mass is 19.1. The number of nitrogens with zero attached hydrogens (tertiary/aromatic N) is 1. The molecule has 0 heterocycles. The summed E-state index contributed by atoms with van der Waals surface area (Å²) in [5.41, 5.74) is 2.55. The molecule has 0 radical (unpaired) electrons. The number of rotatable bonds is 4. The van der Waals surface area contributed by atoms with E-state index in [-0.39, 0.29) is 12.4 Å². The summed E-state index contributed by atoms with van der Waals surface area (Å²) in [6.45, 7) is 0.677. The average Bonchev–Trinajstić information content (AvgIpc) is 2.40. The molecule has 0 saturated heterocycles. The van der Waals surface area contributed by atoms with Gasteiger partial charge in [-0.05, 0) is 23.3 Å². The molecule has 0 fully saturated rings. The summed E-state index contributed by atoms with van der Waals surface area (Å²) in [5, 5.41) is 8.96. The quantitative estimate of drug-likeness (QED) is 0.895. The molecule has 0 aromatic heterocycles. The molecule has 0 aliphatic rings. The molecular formula is C15H16FNO. The normalized spacial score (nSPS) is 10.4. The van der Waals surface area contributed by atoms with E-state index in [0.29, 0.717) is 12.2 Å². The van der Waals surface area contributed by atoms with Crippen LogP contribution in [0, 0.1) is 5.82 Å². The lowest BCUT2D eigenvalue weighted by molar-refractivity contribution is 0.282. The Morgan fingerprint density at radius 3 is 2.22 bits per heavy atom. The van der Waals surface area contributed by atoms with E-state index in [4.69, 9.17) is 5.11 Å². The Morgan fingerprint density at radius 2 is 1.61 bits per heavy atom. The van der Waals surface area contributed by atoms with Crippen molar-refractivity contribution in [3.05, 3.63) is 65.5 Å². The van der Waals surface area contributed by atoms with E-state index < -0.39 is 0 Å². The number of halogens is 1. The lowest BCUT2D eigenvalue weighted by atomic mass is 10.1. The number of aliphatic hydroxyl groups excluding tert-OH is 1. The molecule has 0 atom stereocenters. The second-order valence-electron chi connectivity index (χ2n) is 4.28. The van der Waals surface area contributed by atoms with Crippen molar-refractivity contribution in [3.8, 4) is 0 Å². The molecule has 2 nitrogen and oxygen atoms in total. The molecule has 0 amide bonds. The Morgan fingerprint density at radius 1 is 1.00 bits per heavy atom. The summed E-state index contributed by atoms with van der Waals surface area (Å²) < 4.78 is 13.6. The number of benzene rings is 2. The van der Waals surface area contributed by atoms with Gasteiger partial charge in [-0.15, -0.1) is 0 Å². The maximum atomic E-state index is 13.6. The third kappa shape index (κ3) is 2.87. The molecule has 2 aromatic rings. The van der Waals surface area contributed by atoms with Crippen LogP contribution in [-0.4, -0.2) is 12.2 Å². The molecule has 0 spiro atoms. The van der Waals surface area contributed by atoms with Gasteiger partial charge in [-0.2, -0.15) is 0 Å². The van der Waals surface area contributed by atoms with Gasteiger partial charge in [0.25, 0.3) is 0 Å². The van der Waals surface area contributed by atoms with Crippen LogP contribution in [-0.2, 0) is 13.2 Å². The highest BCUT2D eigenvalue weighted by Gasteiger charge is 2.06. The van der Waals surface area contributed by atoms with Crippen molar-refractivity contribution in [1.82, 2.24) is 0 Å². The molecule has 0 saturated carbocycles. The van der Waals surface area contributed by atoms with Gasteiger partial charge in [0, 0.05) is 13.6 Å². The molecule has 0 unspecified atom stereocenters. The molecule has 94 valence electrons. The van der Waals surface area contributed by atoms with Crippen LogP contribution in [0.4, 0.5) is 10.1 Å². The van der Waals surface area contributed by atoms with Crippen molar-refractivity contribution >= 4 is 5.69 Å². The van der Waals surface area contributed by atoms with E-state index in [1.807, 2.05) is 42.3 Å². The summed E-state index contributed by atoms with van der Waals surface area (Å²) in [6.07, 6.45) is 0. The van der Waals surface area contributed by atoms with E-state index in [0.717, 1.165) is 11.1 Å². The Hall–Kier alpha value is -1.87. The van der Waals surface area contributed by atoms with Crippen LogP contribution >= 0.6 is 0 Å². The van der Waals surface area contributed by atoms with Gasteiger partial charge in [-0.25, -0.2) is 4.39 Å².